The number of hydrogen-bond acceptors (Lipinski definition) is 2. The molecule has 2 heterocycles. The van der Waals surface area contributed by atoms with Crippen molar-refractivity contribution in [3.8, 4) is 45.8 Å². The summed E-state index contributed by atoms with van der Waals surface area (Å²) in [5.41, 5.74) is 11.4. The van der Waals surface area contributed by atoms with Gasteiger partial charge in [-0.05, 0) is 83.4 Å². The van der Waals surface area contributed by atoms with Crippen LogP contribution in [0.2, 0.25) is 0 Å². The van der Waals surface area contributed by atoms with Crippen LogP contribution in [-0.2, 0) is 0 Å². The highest BCUT2D eigenvalue weighted by atomic mass is 15.0. The Hall–Kier alpha value is -6.88. The molecule has 0 fully saturated rings. The summed E-state index contributed by atoms with van der Waals surface area (Å²) >= 11 is 0. The summed E-state index contributed by atoms with van der Waals surface area (Å²) < 4.78 is 4.53. The Kier molecular flexibility index (Phi) is 6.22. The van der Waals surface area contributed by atoms with E-state index in [0.717, 1.165) is 66.5 Å². The van der Waals surface area contributed by atoms with Gasteiger partial charge in [0.1, 0.15) is 0 Å². The average Bonchev–Trinajstić information content (AvgIpc) is 3.68. The van der Waals surface area contributed by atoms with E-state index in [1.54, 1.807) is 0 Å². The standard InChI is InChI=1S/C44H26N4/c45-27-30-21-22-34(47-42-19-9-6-16-38(42)44-31(28-46)13-10-20-43(44)47)26-39(30)33-23-32(29-11-2-1-3-12-29)24-35(25-33)48-40-17-7-4-14-36(40)37-15-5-8-18-41(37)48/h1-26H. The summed E-state index contributed by atoms with van der Waals surface area (Å²) in [6.45, 7) is 0. The summed E-state index contributed by atoms with van der Waals surface area (Å²) in [5, 5.41) is 24.8. The van der Waals surface area contributed by atoms with E-state index in [-0.39, 0.29) is 0 Å². The molecule has 0 saturated heterocycles. The molecule has 9 aromatic rings. The lowest BCUT2D eigenvalue weighted by Gasteiger charge is -2.16. The van der Waals surface area contributed by atoms with Crippen molar-refractivity contribution < 1.29 is 0 Å². The highest BCUT2D eigenvalue weighted by Gasteiger charge is 2.18. The fourth-order valence-electron chi connectivity index (χ4n) is 7.29. The Morgan fingerprint density at radius 2 is 0.938 bits per heavy atom. The fourth-order valence-corrected chi connectivity index (χ4v) is 7.29. The predicted molar refractivity (Wildman–Crippen MR) is 195 cm³/mol. The van der Waals surface area contributed by atoms with Gasteiger partial charge in [0.05, 0.1) is 45.3 Å². The Morgan fingerprint density at radius 1 is 0.375 bits per heavy atom. The van der Waals surface area contributed by atoms with Crippen LogP contribution in [0.5, 0.6) is 0 Å². The van der Waals surface area contributed by atoms with Crippen LogP contribution in [0.4, 0.5) is 0 Å². The number of para-hydroxylation sites is 3. The molecule has 0 aliphatic rings. The zero-order valence-corrected chi connectivity index (χ0v) is 25.8. The minimum Gasteiger partial charge on any atom is -0.309 e. The number of benzene rings is 7. The third-order valence-electron chi connectivity index (χ3n) is 9.37. The fraction of sp³-hybridized carbons (Fsp3) is 0. The zero-order valence-electron chi connectivity index (χ0n) is 25.8. The molecule has 4 nitrogen and oxygen atoms in total. The molecule has 0 unspecified atom stereocenters. The van der Waals surface area contributed by atoms with Crippen LogP contribution in [-0.4, -0.2) is 9.13 Å². The normalized spacial score (nSPS) is 11.3. The SMILES string of the molecule is N#Cc1ccc(-n2c3ccccc3c3c(C#N)cccc32)cc1-c1cc(-c2ccccc2)cc(-n2c3ccccc3c3ccccc32)c1. The highest BCUT2D eigenvalue weighted by Crippen LogP contribution is 2.39. The molecule has 2 aromatic heterocycles. The molecule has 9 rings (SSSR count). The Balaban J connectivity index is 1.34. The molecule has 7 aromatic carbocycles. The molecule has 0 radical (unpaired) electrons. The van der Waals surface area contributed by atoms with E-state index >= 15 is 0 Å². The van der Waals surface area contributed by atoms with Crippen molar-refractivity contribution in [3.05, 3.63) is 169 Å². The van der Waals surface area contributed by atoms with Crippen LogP contribution in [0.25, 0.3) is 77.2 Å². The highest BCUT2D eigenvalue weighted by molar-refractivity contribution is 6.12. The Labute approximate surface area is 277 Å². The minimum atomic E-state index is 0.593. The number of fused-ring (bicyclic) bond motifs is 6. The lowest BCUT2D eigenvalue weighted by molar-refractivity contribution is 1.17. The predicted octanol–water partition coefficient (Wildman–Crippen LogP) is 11.0. The van der Waals surface area contributed by atoms with Gasteiger partial charge in [0.25, 0.3) is 0 Å². The summed E-state index contributed by atoms with van der Waals surface area (Å²) in [7, 11) is 0. The van der Waals surface area contributed by atoms with Crippen LogP contribution in [0.15, 0.2) is 158 Å². The molecule has 48 heavy (non-hydrogen) atoms. The van der Waals surface area contributed by atoms with Crippen molar-refractivity contribution in [2.75, 3.05) is 0 Å². The van der Waals surface area contributed by atoms with Gasteiger partial charge in [0, 0.05) is 38.5 Å². The van der Waals surface area contributed by atoms with Gasteiger partial charge in [-0.1, -0.05) is 91.0 Å². The van der Waals surface area contributed by atoms with E-state index in [0.29, 0.717) is 11.1 Å². The molecule has 0 amide bonds. The van der Waals surface area contributed by atoms with E-state index in [2.05, 4.69) is 137 Å². The van der Waals surface area contributed by atoms with Gasteiger partial charge in [0.15, 0.2) is 0 Å². The Morgan fingerprint density at radius 3 is 1.62 bits per heavy atom. The van der Waals surface area contributed by atoms with E-state index < -0.39 is 0 Å². The molecule has 4 heteroatoms. The maximum atomic E-state index is 10.4. The van der Waals surface area contributed by atoms with Crippen molar-refractivity contribution in [1.29, 1.82) is 10.5 Å². The van der Waals surface area contributed by atoms with Crippen LogP contribution >= 0.6 is 0 Å². The van der Waals surface area contributed by atoms with Crippen molar-refractivity contribution in [2.24, 2.45) is 0 Å². The van der Waals surface area contributed by atoms with Crippen LogP contribution < -0.4 is 0 Å². The monoisotopic (exact) mass is 610 g/mol. The van der Waals surface area contributed by atoms with Gasteiger partial charge >= 0.3 is 0 Å². The Bertz CT molecular complexity index is 2750. The zero-order chi connectivity index (χ0) is 32.2. The van der Waals surface area contributed by atoms with Crippen LogP contribution in [0.3, 0.4) is 0 Å². The number of aromatic nitrogens is 2. The molecular formula is C44H26N4. The third-order valence-corrected chi connectivity index (χ3v) is 9.37. The van der Waals surface area contributed by atoms with Gasteiger partial charge in [-0.2, -0.15) is 10.5 Å². The second-order valence-electron chi connectivity index (χ2n) is 12.0. The lowest BCUT2D eigenvalue weighted by Crippen LogP contribution is -1.98. The van der Waals surface area contributed by atoms with Crippen LogP contribution in [0, 0.1) is 22.7 Å². The lowest BCUT2D eigenvalue weighted by atomic mass is 9.94. The van der Waals surface area contributed by atoms with E-state index in [1.165, 1.54) is 10.8 Å². The maximum absolute atomic E-state index is 10.4. The first-order valence-electron chi connectivity index (χ1n) is 15.9. The number of rotatable bonds is 4. The summed E-state index contributed by atoms with van der Waals surface area (Å²) in [6, 6.07) is 59.0. The molecule has 0 atom stereocenters. The largest absolute Gasteiger partial charge is 0.309 e. The summed E-state index contributed by atoms with van der Waals surface area (Å²) in [5.74, 6) is 0. The second kappa shape index (κ2) is 10.9. The molecule has 0 N–H and O–H groups in total. The summed E-state index contributed by atoms with van der Waals surface area (Å²) in [4.78, 5) is 0. The van der Waals surface area contributed by atoms with Crippen molar-refractivity contribution in [2.45, 2.75) is 0 Å². The first kappa shape index (κ1) is 27.4. The summed E-state index contributed by atoms with van der Waals surface area (Å²) in [6.07, 6.45) is 0. The second-order valence-corrected chi connectivity index (χ2v) is 12.0. The van der Waals surface area contributed by atoms with Gasteiger partial charge in [0.2, 0.25) is 0 Å². The van der Waals surface area contributed by atoms with E-state index in [4.69, 9.17) is 0 Å². The number of nitrogens with zero attached hydrogens (tertiary/aromatic N) is 4. The van der Waals surface area contributed by atoms with Crippen molar-refractivity contribution in [1.82, 2.24) is 9.13 Å². The van der Waals surface area contributed by atoms with Gasteiger partial charge in [-0.15, -0.1) is 0 Å². The van der Waals surface area contributed by atoms with Crippen molar-refractivity contribution in [3.63, 3.8) is 0 Å². The van der Waals surface area contributed by atoms with Gasteiger partial charge in [-0.25, -0.2) is 0 Å². The topological polar surface area (TPSA) is 57.4 Å². The molecule has 0 aliphatic heterocycles. The van der Waals surface area contributed by atoms with E-state index in [9.17, 15) is 10.5 Å². The molecule has 0 aliphatic carbocycles. The van der Waals surface area contributed by atoms with Gasteiger partial charge in [-0.3, -0.25) is 0 Å². The first-order valence-corrected chi connectivity index (χ1v) is 15.9. The maximum Gasteiger partial charge on any atom is 0.0998 e. The third kappa shape index (κ3) is 4.14. The quantitative estimate of drug-likeness (QED) is 0.199. The molecule has 0 spiro atoms. The molecule has 0 bridgehead atoms. The minimum absolute atomic E-state index is 0.593. The molecule has 0 saturated carbocycles. The smallest absolute Gasteiger partial charge is 0.0998 e. The first-order chi connectivity index (χ1) is 23.7. The van der Waals surface area contributed by atoms with Gasteiger partial charge < -0.3 is 9.13 Å². The van der Waals surface area contributed by atoms with Crippen LogP contribution in [0.1, 0.15) is 11.1 Å². The van der Waals surface area contributed by atoms with E-state index in [1.807, 2.05) is 42.5 Å². The number of nitriles is 2. The molecule has 222 valence electrons. The molecular weight excluding hydrogens is 585 g/mol. The average molecular weight is 611 g/mol. The van der Waals surface area contributed by atoms with Crippen molar-refractivity contribution >= 4 is 43.6 Å². The number of hydrogen-bond donors (Lipinski definition) is 0.